The van der Waals surface area contributed by atoms with Crippen LogP contribution in [0, 0.1) is 6.92 Å². The summed E-state index contributed by atoms with van der Waals surface area (Å²) in [7, 11) is 0. The van der Waals surface area contributed by atoms with Gasteiger partial charge in [-0.3, -0.25) is 4.99 Å². The molecule has 5 heteroatoms. The molecule has 1 saturated carbocycles. The van der Waals surface area contributed by atoms with Crippen molar-refractivity contribution in [1.29, 1.82) is 0 Å². The lowest BCUT2D eigenvalue weighted by Crippen LogP contribution is -2.10. The quantitative estimate of drug-likeness (QED) is 0.442. The second-order valence-electron chi connectivity index (χ2n) is 5.59. The fraction of sp³-hybridized carbons (Fsp3) is 0.444. The Balaban J connectivity index is 2.54. The highest BCUT2D eigenvalue weighted by molar-refractivity contribution is 9.10. The topological polar surface area (TPSA) is 50.7 Å². The lowest BCUT2D eigenvalue weighted by atomic mass is 9.99. The molecule has 1 aromatic rings. The molecule has 23 heavy (non-hydrogen) atoms. The van der Waals surface area contributed by atoms with Crippen molar-refractivity contribution < 1.29 is 9.53 Å². The summed E-state index contributed by atoms with van der Waals surface area (Å²) in [6.45, 7) is 7.91. The summed E-state index contributed by atoms with van der Waals surface area (Å²) in [5.74, 6) is -0.388. The third-order valence-electron chi connectivity index (χ3n) is 3.81. The number of nitrogens with one attached hydrogen (secondary N) is 1. The SMILES string of the molecule is CC=N/C(C(=O)OCC)=C(\C)c1ccc(Br)c(C)c1NC1CC1. The Kier molecular flexibility index (Phi) is 5.99. The molecule has 0 aliphatic heterocycles. The second-order valence-corrected chi connectivity index (χ2v) is 6.45. The fourth-order valence-electron chi connectivity index (χ4n) is 2.38. The first-order chi connectivity index (χ1) is 11.0. The van der Waals surface area contributed by atoms with E-state index < -0.39 is 0 Å². The number of esters is 1. The van der Waals surface area contributed by atoms with Crippen molar-refractivity contribution in [1.82, 2.24) is 0 Å². The molecule has 0 radical (unpaired) electrons. The number of carbonyl (C=O) groups excluding carboxylic acids is 1. The van der Waals surface area contributed by atoms with Crippen LogP contribution >= 0.6 is 15.9 Å². The average molecular weight is 379 g/mol. The van der Waals surface area contributed by atoms with Gasteiger partial charge in [-0.25, -0.2) is 4.79 Å². The van der Waals surface area contributed by atoms with Gasteiger partial charge in [0.05, 0.1) is 6.61 Å². The predicted molar refractivity (Wildman–Crippen MR) is 98.9 cm³/mol. The van der Waals surface area contributed by atoms with E-state index in [1.165, 1.54) is 12.8 Å². The van der Waals surface area contributed by atoms with Gasteiger partial charge in [0.25, 0.3) is 0 Å². The van der Waals surface area contributed by atoms with E-state index in [0.29, 0.717) is 18.3 Å². The van der Waals surface area contributed by atoms with E-state index in [4.69, 9.17) is 4.74 Å². The zero-order valence-corrected chi connectivity index (χ0v) is 15.7. The van der Waals surface area contributed by atoms with Crippen LogP contribution in [0.2, 0.25) is 0 Å². The maximum atomic E-state index is 12.2. The minimum Gasteiger partial charge on any atom is -0.461 e. The van der Waals surface area contributed by atoms with Crippen LogP contribution in [0.1, 0.15) is 44.7 Å². The first-order valence-corrected chi connectivity index (χ1v) is 8.71. The fourth-order valence-corrected chi connectivity index (χ4v) is 2.71. The smallest absolute Gasteiger partial charge is 0.357 e. The number of aliphatic imine (C=N–C) groups is 1. The Labute approximate surface area is 146 Å². The van der Waals surface area contributed by atoms with Crippen molar-refractivity contribution in [2.75, 3.05) is 11.9 Å². The maximum Gasteiger partial charge on any atom is 0.357 e. The van der Waals surface area contributed by atoms with E-state index in [1.54, 1.807) is 20.1 Å². The van der Waals surface area contributed by atoms with Gasteiger partial charge in [-0.15, -0.1) is 0 Å². The van der Waals surface area contributed by atoms with E-state index >= 15 is 0 Å². The molecule has 0 heterocycles. The molecule has 0 spiro atoms. The van der Waals surface area contributed by atoms with Crippen LogP contribution < -0.4 is 5.32 Å². The molecule has 0 atom stereocenters. The number of halogens is 1. The van der Waals surface area contributed by atoms with Crippen LogP contribution in [0.5, 0.6) is 0 Å². The molecule has 0 amide bonds. The van der Waals surface area contributed by atoms with Crippen molar-refractivity contribution in [2.45, 2.75) is 46.6 Å². The van der Waals surface area contributed by atoms with Gasteiger partial charge in [-0.05, 0) is 57.7 Å². The van der Waals surface area contributed by atoms with Crippen molar-refractivity contribution >= 4 is 39.4 Å². The Morgan fingerprint density at radius 2 is 2.17 bits per heavy atom. The molecule has 0 bridgehead atoms. The van der Waals surface area contributed by atoms with Gasteiger partial charge in [-0.2, -0.15) is 0 Å². The van der Waals surface area contributed by atoms with Gasteiger partial charge in [0.15, 0.2) is 5.70 Å². The Morgan fingerprint density at radius 1 is 1.48 bits per heavy atom. The summed E-state index contributed by atoms with van der Waals surface area (Å²) in [6.07, 6.45) is 3.99. The molecular formula is C18H23BrN2O2. The summed E-state index contributed by atoms with van der Waals surface area (Å²) < 4.78 is 6.20. The van der Waals surface area contributed by atoms with Crippen LogP contribution in [-0.2, 0) is 9.53 Å². The molecule has 1 aromatic carbocycles. The molecular weight excluding hydrogens is 356 g/mol. The third kappa shape index (κ3) is 4.22. The number of hydrogen-bond acceptors (Lipinski definition) is 4. The number of benzene rings is 1. The predicted octanol–water partition coefficient (Wildman–Crippen LogP) is 4.72. The van der Waals surface area contributed by atoms with E-state index in [-0.39, 0.29) is 5.97 Å². The Bertz CT molecular complexity index is 661. The minimum atomic E-state index is -0.388. The standard InChI is InChI=1S/C18H23BrN2O2/c1-5-20-17(18(22)23-6-2)11(3)14-9-10-15(19)12(4)16(14)21-13-7-8-13/h5,9-10,13,21H,6-8H2,1-4H3/b17-11+,20-5?. The largest absolute Gasteiger partial charge is 0.461 e. The van der Waals surface area contributed by atoms with Gasteiger partial charge < -0.3 is 10.1 Å². The summed E-state index contributed by atoms with van der Waals surface area (Å²) >= 11 is 3.58. The van der Waals surface area contributed by atoms with Crippen LogP contribution in [-0.4, -0.2) is 24.8 Å². The molecule has 1 aliphatic carbocycles. The van der Waals surface area contributed by atoms with Gasteiger partial charge in [0, 0.05) is 28.0 Å². The lowest BCUT2D eigenvalue weighted by molar-refractivity contribution is -0.138. The molecule has 1 aliphatic rings. The second kappa shape index (κ2) is 7.77. The summed E-state index contributed by atoms with van der Waals surface area (Å²) in [4.78, 5) is 16.5. The lowest BCUT2D eigenvalue weighted by Gasteiger charge is -2.17. The number of hydrogen-bond donors (Lipinski definition) is 1. The minimum absolute atomic E-state index is 0.335. The molecule has 124 valence electrons. The third-order valence-corrected chi connectivity index (χ3v) is 4.67. The Morgan fingerprint density at radius 3 is 2.74 bits per heavy atom. The monoisotopic (exact) mass is 378 g/mol. The molecule has 0 unspecified atom stereocenters. The van der Waals surface area contributed by atoms with Crippen molar-refractivity contribution in [3.63, 3.8) is 0 Å². The zero-order valence-electron chi connectivity index (χ0n) is 14.1. The summed E-state index contributed by atoms with van der Waals surface area (Å²) in [6, 6.07) is 4.54. The number of ether oxygens (including phenoxy) is 1. The van der Waals surface area contributed by atoms with Crippen LogP contribution in [0.4, 0.5) is 5.69 Å². The van der Waals surface area contributed by atoms with E-state index in [1.807, 2.05) is 19.1 Å². The zero-order chi connectivity index (χ0) is 17.0. The first-order valence-electron chi connectivity index (χ1n) is 7.92. The number of nitrogens with zero attached hydrogens (tertiary/aromatic N) is 1. The summed E-state index contributed by atoms with van der Waals surface area (Å²) in [5, 5.41) is 3.57. The van der Waals surface area contributed by atoms with Crippen LogP contribution in [0.3, 0.4) is 0 Å². The number of anilines is 1. The van der Waals surface area contributed by atoms with E-state index in [9.17, 15) is 4.79 Å². The van der Waals surface area contributed by atoms with Crippen molar-refractivity contribution in [3.8, 4) is 0 Å². The average Bonchev–Trinajstić information content (AvgIpc) is 3.33. The highest BCUT2D eigenvalue weighted by Gasteiger charge is 2.25. The van der Waals surface area contributed by atoms with E-state index in [0.717, 1.165) is 26.9 Å². The number of allylic oxidation sites excluding steroid dienone is 1. The van der Waals surface area contributed by atoms with Gasteiger partial charge >= 0.3 is 5.97 Å². The van der Waals surface area contributed by atoms with Crippen LogP contribution in [0.25, 0.3) is 5.57 Å². The van der Waals surface area contributed by atoms with Gasteiger partial charge in [-0.1, -0.05) is 22.0 Å². The van der Waals surface area contributed by atoms with Gasteiger partial charge in [0.1, 0.15) is 0 Å². The van der Waals surface area contributed by atoms with E-state index in [2.05, 4.69) is 33.2 Å². The molecule has 1 fully saturated rings. The highest BCUT2D eigenvalue weighted by Crippen LogP contribution is 2.37. The molecule has 4 nitrogen and oxygen atoms in total. The molecule has 0 aromatic heterocycles. The molecule has 2 rings (SSSR count). The van der Waals surface area contributed by atoms with Gasteiger partial charge in [0.2, 0.25) is 0 Å². The highest BCUT2D eigenvalue weighted by atomic mass is 79.9. The normalized spacial score (nSPS) is 15.5. The molecule has 1 N–H and O–H groups in total. The summed E-state index contributed by atoms with van der Waals surface area (Å²) in [5.41, 5.74) is 4.37. The Hall–Kier alpha value is -1.62. The maximum absolute atomic E-state index is 12.2. The first kappa shape index (κ1) is 17.7. The number of rotatable bonds is 6. The van der Waals surface area contributed by atoms with Crippen molar-refractivity contribution in [3.05, 3.63) is 33.4 Å². The van der Waals surface area contributed by atoms with Crippen LogP contribution in [0.15, 0.2) is 27.3 Å². The molecule has 0 saturated heterocycles. The number of carbonyl (C=O) groups is 1. The van der Waals surface area contributed by atoms with Crippen molar-refractivity contribution in [2.24, 2.45) is 4.99 Å².